The quantitative estimate of drug-likeness (QED) is 0.744. The van der Waals surface area contributed by atoms with Crippen LogP contribution in [-0.2, 0) is 4.74 Å². The van der Waals surface area contributed by atoms with Crippen molar-refractivity contribution < 1.29 is 14.6 Å². The molecule has 0 aromatic heterocycles. The third-order valence-corrected chi connectivity index (χ3v) is 3.56. The van der Waals surface area contributed by atoms with Crippen LogP contribution in [0.15, 0.2) is 0 Å². The van der Waals surface area contributed by atoms with Crippen molar-refractivity contribution in [3.63, 3.8) is 0 Å². The summed E-state index contributed by atoms with van der Waals surface area (Å²) >= 11 is 0. The van der Waals surface area contributed by atoms with E-state index < -0.39 is 0 Å². The van der Waals surface area contributed by atoms with E-state index in [4.69, 9.17) is 9.84 Å². The Morgan fingerprint density at radius 1 is 1.39 bits per heavy atom. The lowest BCUT2D eigenvalue weighted by Crippen LogP contribution is -2.39. The Kier molecular flexibility index (Phi) is 7.09. The van der Waals surface area contributed by atoms with Gasteiger partial charge in [0.1, 0.15) is 0 Å². The summed E-state index contributed by atoms with van der Waals surface area (Å²) in [5, 5.41) is 8.88. The van der Waals surface area contributed by atoms with Crippen LogP contribution in [0.4, 0.5) is 4.79 Å². The van der Waals surface area contributed by atoms with E-state index in [2.05, 4.69) is 13.8 Å². The van der Waals surface area contributed by atoms with E-state index in [0.29, 0.717) is 18.4 Å². The summed E-state index contributed by atoms with van der Waals surface area (Å²) < 4.78 is 5.26. The fraction of sp³-hybridized carbons (Fsp3) is 0.929. The number of nitrogens with zero attached hydrogens (tertiary/aromatic N) is 1. The Bertz CT molecular complexity index is 235. The van der Waals surface area contributed by atoms with Crippen LogP contribution in [0.2, 0.25) is 0 Å². The Balaban J connectivity index is 2.12. The molecule has 0 aromatic rings. The predicted octanol–water partition coefficient (Wildman–Crippen LogP) is 2.65. The predicted molar refractivity (Wildman–Crippen MR) is 71.4 cm³/mol. The SMILES string of the molecule is CC(C)CCCOC(=O)N1CCC(CCO)CC1. The van der Waals surface area contributed by atoms with E-state index in [1.165, 1.54) is 0 Å². The van der Waals surface area contributed by atoms with Gasteiger partial charge in [0, 0.05) is 19.7 Å². The molecular weight excluding hydrogens is 230 g/mol. The van der Waals surface area contributed by atoms with Crippen molar-refractivity contribution in [1.82, 2.24) is 4.90 Å². The average Bonchev–Trinajstić information content (AvgIpc) is 2.35. The van der Waals surface area contributed by atoms with Gasteiger partial charge >= 0.3 is 6.09 Å². The maximum Gasteiger partial charge on any atom is 0.409 e. The summed E-state index contributed by atoms with van der Waals surface area (Å²) in [5.41, 5.74) is 0. The first-order chi connectivity index (χ1) is 8.63. The molecule has 0 aromatic carbocycles. The minimum absolute atomic E-state index is 0.166. The van der Waals surface area contributed by atoms with Gasteiger partial charge in [-0.25, -0.2) is 4.79 Å². The Hall–Kier alpha value is -0.770. The van der Waals surface area contributed by atoms with E-state index in [9.17, 15) is 4.79 Å². The van der Waals surface area contributed by atoms with E-state index in [0.717, 1.165) is 45.2 Å². The molecule has 1 N–H and O–H groups in total. The van der Waals surface area contributed by atoms with E-state index >= 15 is 0 Å². The zero-order valence-electron chi connectivity index (χ0n) is 11.7. The van der Waals surface area contributed by atoms with Gasteiger partial charge in [0.25, 0.3) is 0 Å². The molecule has 1 heterocycles. The highest BCUT2D eigenvalue weighted by Gasteiger charge is 2.23. The summed E-state index contributed by atoms with van der Waals surface area (Å²) in [6.45, 7) is 6.68. The fourth-order valence-electron chi connectivity index (χ4n) is 2.33. The van der Waals surface area contributed by atoms with Gasteiger partial charge in [0.2, 0.25) is 0 Å². The zero-order chi connectivity index (χ0) is 13.4. The van der Waals surface area contributed by atoms with E-state index in [1.807, 2.05) is 0 Å². The first kappa shape index (κ1) is 15.3. The molecule has 1 saturated heterocycles. The summed E-state index contributed by atoms with van der Waals surface area (Å²) in [4.78, 5) is 13.6. The standard InChI is InChI=1S/C14H27NO3/c1-12(2)4-3-11-18-14(17)15-8-5-13(6-9-15)7-10-16/h12-13,16H,3-11H2,1-2H3. The van der Waals surface area contributed by atoms with Gasteiger partial charge in [-0.2, -0.15) is 0 Å². The van der Waals surface area contributed by atoms with Gasteiger partial charge in [-0.3, -0.25) is 0 Å². The number of carbonyl (C=O) groups is 1. The van der Waals surface area contributed by atoms with Gasteiger partial charge < -0.3 is 14.7 Å². The molecule has 4 nitrogen and oxygen atoms in total. The third-order valence-electron chi connectivity index (χ3n) is 3.56. The number of aliphatic hydroxyl groups excluding tert-OH is 1. The summed E-state index contributed by atoms with van der Waals surface area (Å²) in [6, 6.07) is 0. The first-order valence-electron chi connectivity index (χ1n) is 7.16. The fourth-order valence-corrected chi connectivity index (χ4v) is 2.33. The molecule has 18 heavy (non-hydrogen) atoms. The van der Waals surface area contributed by atoms with Gasteiger partial charge in [0.15, 0.2) is 0 Å². The highest BCUT2D eigenvalue weighted by molar-refractivity contribution is 5.67. The molecule has 1 rings (SSSR count). The van der Waals surface area contributed by atoms with Crippen LogP contribution in [0.1, 0.15) is 46.0 Å². The number of hydrogen-bond acceptors (Lipinski definition) is 3. The number of likely N-dealkylation sites (tertiary alicyclic amines) is 1. The second-order valence-electron chi connectivity index (χ2n) is 5.59. The maximum atomic E-state index is 11.8. The van der Waals surface area contributed by atoms with Gasteiger partial charge in [-0.1, -0.05) is 13.8 Å². The monoisotopic (exact) mass is 257 g/mol. The van der Waals surface area contributed by atoms with Crippen LogP contribution >= 0.6 is 0 Å². The molecule has 0 atom stereocenters. The molecule has 1 aliphatic rings. The van der Waals surface area contributed by atoms with Gasteiger partial charge in [-0.15, -0.1) is 0 Å². The van der Waals surface area contributed by atoms with Crippen molar-refractivity contribution in [3.05, 3.63) is 0 Å². The Morgan fingerprint density at radius 3 is 2.61 bits per heavy atom. The van der Waals surface area contributed by atoms with Crippen molar-refractivity contribution in [2.45, 2.75) is 46.0 Å². The number of ether oxygens (including phenoxy) is 1. The van der Waals surface area contributed by atoms with Crippen LogP contribution in [0.25, 0.3) is 0 Å². The van der Waals surface area contributed by atoms with E-state index in [1.54, 1.807) is 4.90 Å². The Labute approximate surface area is 110 Å². The van der Waals surface area contributed by atoms with Crippen LogP contribution in [0, 0.1) is 11.8 Å². The normalized spacial score (nSPS) is 17.2. The number of amides is 1. The lowest BCUT2D eigenvalue weighted by Gasteiger charge is -2.31. The highest BCUT2D eigenvalue weighted by atomic mass is 16.6. The molecule has 1 aliphatic heterocycles. The number of hydrogen-bond donors (Lipinski definition) is 1. The van der Waals surface area contributed by atoms with Gasteiger partial charge in [-0.05, 0) is 43.9 Å². The molecule has 0 spiro atoms. The first-order valence-corrected chi connectivity index (χ1v) is 7.16. The summed E-state index contributed by atoms with van der Waals surface area (Å²) in [5.74, 6) is 1.23. The van der Waals surface area contributed by atoms with Crippen molar-refractivity contribution in [1.29, 1.82) is 0 Å². The highest BCUT2D eigenvalue weighted by Crippen LogP contribution is 2.20. The minimum atomic E-state index is -0.166. The molecule has 0 aliphatic carbocycles. The van der Waals surface area contributed by atoms with Crippen LogP contribution in [0.3, 0.4) is 0 Å². The Morgan fingerprint density at radius 2 is 2.06 bits per heavy atom. The van der Waals surface area contributed by atoms with E-state index in [-0.39, 0.29) is 12.7 Å². The van der Waals surface area contributed by atoms with Crippen LogP contribution < -0.4 is 0 Å². The topological polar surface area (TPSA) is 49.8 Å². The van der Waals surface area contributed by atoms with Crippen molar-refractivity contribution in [2.24, 2.45) is 11.8 Å². The lowest BCUT2D eigenvalue weighted by atomic mass is 9.94. The third kappa shape index (κ3) is 5.71. The number of aliphatic hydroxyl groups is 1. The number of rotatable bonds is 6. The van der Waals surface area contributed by atoms with Crippen LogP contribution in [0.5, 0.6) is 0 Å². The number of piperidine rings is 1. The summed E-state index contributed by atoms with van der Waals surface area (Å²) in [7, 11) is 0. The molecule has 0 unspecified atom stereocenters. The molecule has 106 valence electrons. The molecule has 1 fully saturated rings. The maximum absolute atomic E-state index is 11.8. The number of carbonyl (C=O) groups excluding carboxylic acids is 1. The lowest BCUT2D eigenvalue weighted by molar-refractivity contribution is 0.0827. The van der Waals surface area contributed by atoms with Gasteiger partial charge in [0.05, 0.1) is 6.61 Å². The zero-order valence-corrected chi connectivity index (χ0v) is 11.7. The molecule has 0 bridgehead atoms. The van der Waals surface area contributed by atoms with Crippen LogP contribution in [-0.4, -0.2) is 42.4 Å². The second kappa shape index (κ2) is 8.35. The summed E-state index contributed by atoms with van der Waals surface area (Å²) in [6.07, 6.45) is 4.72. The second-order valence-corrected chi connectivity index (χ2v) is 5.59. The smallest absolute Gasteiger partial charge is 0.409 e. The largest absolute Gasteiger partial charge is 0.449 e. The molecule has 0 radical (unpaired) electrons. The molecule has 4 heteroatoms. The average molecular weight is 257 g/mol. The van der Waals surface area contributed by atoms with Crippen molar-refractivity contribution >= 4 is 6.09 Å². The minimum Gasteiger partial charge on any atom is -0.449 e. The molecular formula is C14H27NO3. The van der Waals surface area contributed by atoms with Crippen molar-refractivity contribution in [3.8, 4) is 0 Å². The molecule has 1 amide bonds. The molecule has 0 saturated carbocycles. The van der Waals surface area contributed by atoms with Crippen molar-refractivity contribution in [2.75, 3.05) is 26.3 Å².